The van der Waals surface area contributed by atoms with Crippen molar-refractivity contribution in [3.63, 3.8) is 0 Å². The van der Waals surface area contributed by atoms with E-state index in [2.05, 4.69) is 5.10 Å². The van der Waals surface area contributed by atoms with Crippen LogP contribution in [0.2, 0.25) is 0 Å². The molecule has 0 spiro atoms. The maximum Gasteiger partial charge on any atom is 0.315 e. The topological polar surface area (TPSA) is 78.3 Å². The molecular formula is C23H16F2N2O4S. The molecule has 0 saturated carbocycles. The number of nitrogens with zero attached hydrogens (tertiary/aromatic N) is 2. The number of hydrogen-bond donors (Lipinski definition) is 1. The summed E-state index contributed by atoms with van der Waals surface area (Å²) in [7, 11) is -2.57. The van der Waals surface area contributed by atoms with Crippen molar-refractivity contribution < 1.29 is 21.9 Å². The van der Waals surface area contributed by atoms with Gasteiger partial charge in [-0.25, -0.2) is 17.2 Å². The van der Waals surface area contributed by atoms with Crippen LogP contribution < -0.4 is 10.3 Å². The number of halogens is 2. The van der Waals surface area contributed by atoms with Crippen molar-refractivity contribution >= 4 is 10.7 Å². The van der Waals surface area contributed by atoms with E-state index in [4.69, 9.17) is 4.74 Å². The lowest BCUT2D eigenvalue weighted by Gasteiger charge is -2.13. The second kappa shape index (κ2) is 9.11. The number of thiol groups is 1. The van der Waals surface area contributed by atoms with Gasteiger partial charge in [0.15, 0.2) is 0 Å². The summed E-state index contributed by atoms with van der Waals surface area (Å²) in [5, 5.41) is 4.19. The zero-order valence-electron chi connectivity index (χ0n) is 16.4. The van der Waals surface area contributed by atoms with Gasteiger partial charge in [0.2, 0.25) is 5.75 Å². The van der Waals surface area contributed by atoms with Gasteiger partial charge >= 0.3 is 5.56 Å². The Bertz CT molecular complexity index is 1370. The molecular weight excluding hydrogens is 438 g/mol. The molecule has 4 rings (SSSR count). The largest absolute Gasteiger partial charge is 0.451 e. The van der Waals surface area contributed by atoms with E-state index in [0.29, 0.717) is 22.4 Å². The lowest BCUT2D eigenvalue weighted by molar-refractivity contribution is 0.468. The lowest BCUT2D eigenvalue weighted by Crippen LogP contribution is -2.22. The molecule has 9 heteroatoms. The monoisotopic (exact) mass is 454 g/mol. The molecule has 0 aliphatic rings. The van der Waals surface area contributed by atoms with Crippen molar-refractivity contribution in [3.05, 3.63) is 107 Å². The maximum absolute atomic E-state index is 13.3. The molecule has 0 atom stereocenters. The van der Waals surface area contributed by atoms with Gasteiger partial charge in [0.25, 0.3) is 0 Å². The number of hydrogen-bond acceptors (Lipinski definition) is 5. The molecule has 3 aromatic carbocycles. The molecule has 0 saturated heterocycles. The Morgan fingerprint density at radius 3 is 2.03 bits per heavy atom. The third kappa shape index (κ3) is 4.73. The highest BCUT2D eigenvalue weighted by Crippen LogP contribution is 2.30. The molecule has 0 bridgehead atoms. The molecule has 0 radical (unpaired) electrons. The van der Waals surface area contributed by atoms with Gasteiger partial charge in [-0.1, -0.05) is 24.3 Å². The Labute approximate surface area is 183 Å². The minimum absolute atomic E-state index is 0.0708. The molecule has 4 aromatic rings. The average molecular weight is 454 g/mol. The van der Waals surface area contributed by atoms with Crippen LogP contribution in [0.3, 0.4) is 0 Å². The molecule has 0 amide bonds. The van der Waals surface area contributed by atoms with Gasteiger partial charge in [-0.05, 0) is 59.7 Å². The van der Waals surface area contributed by atoms with Crippen molar-refractivity contribution in [1.29, 1.82) is 0 Å². The van der Waals surface area contributed by atoms with Crippen LogP contribution in [-0.4, -0.2) is 18.2 Å². The van der Waals surface area contributed by atoms with Crippen LogP contribution in [0.15, 0.2) is 83.8 Å². The molecule has 0 fully saturated rings. The van der Waals surface area contributed by atoms with Gasteiger partial charge in [-0.2, -0.15) is 9.78 Å². The number of benzene rings is 3. The van der Waals surface area contributed by atoms with Crippen molar-refractivity contribution in [1.82, 2.24) is 9.78 Å². The molecule has 6 nitrogen and oxygen atoms in total. The van der Waals surface area contributed by atoms with Crippen molar-refractivity contribution in [2.24, 2.45) is 0 Å². The van der Waals surface area contributed by atoms with Crippen LogP contribution >= 0.6 is 0 Å². The summed E-state index contributed by atoms with van der Waals surface area (Å²) in [5.74, 6) is -0.844. The molecule has 32 heavy (non-hydrogen) atoms. The predicted octanol–water partition coefficient (Wildman–Crippen LogP) is 4.08. The Balaban J connectivity index is 1.83. The minimum atomic E-state index is -2.57. The fraction of sp³-hybridized carbons (Fsp3) is 0.0435. The van der Waals surface area contributed by atoms with Gasteiger partial charge < -0.3 is 4.74 Å². The first kappa shape index (κ1) is 21.4. The first-order valence-electron chi connectivity index (χ1n) is 9.43. The summed E-state index contributed by atoms with van der Waals surface area (Å²) in [5.41, 5.74) is 1.25. The highest BCUT2D eigenvalue weighted by molar-refractivity contribution is 7.71. The van der Waals surface area contributed by atoms with E-state index < -0.39 is 27.9 Å². The maximum atomic E-state index is 13.3. The molecule has 0 unspecified atom stereocenters. The van der Waals surface area contributed by atoms with E-state index in [-0.39, 0.29) is 17.3 Å². The zero-order valence-corrected chi connectivity index (χ0v) is 17.3. The van der Waals surface area contributed by atoms with Crippen molar-refractivity contribution in [3.8, 4) is 28.3 Å². The first-order valence-corrected chi connectivity index (χ1v) is 10.8. The zero-order chi connectivity index (χ0) is 22.7. The van der Waals surface area contributed by atoms with Crippen LogP contribution in [0.5, 0.6) is 11.5 Å². The third-order valence-electron chi connectivity index (χ3n) is 4.61. The number of aromatic nitrogens is 2. The van der Waals surface area contributed by atoms with Gasteiger partial charge in [0.1, 0.15) is 28.1 Å². The smallest absolute Gasteiger partial charge is 0.315 e. The third-order valence-corrected chi connectivity index (χ3v) is 5.24. The second-order valence-electron chi connectivity index (χ2n) is 6.82. The van der Waals surface area contributed by atoms with Crippen LogP contribution in [-0.2, 0) is 16.5 Å². The van der Waals surface area contributed by atoms with E-state index in [1.54, 1.807) is 24.3 Å². The highest BCUT2D eigenvalue weighted by atomic mass is 32.2. The van der Waals surface area contributed by atoms with E-state index in [9.17, 15) is 22.0 Å². The quantitative estimate of drug-likeness (QED) is 0.444. The first-order chi connectivity index (χ1) is 15.4. The van der Waals surface area contributed by atoms with E-state index in [0.717, 1.165) is 4.68 Å². The van der Waals surface area contributed by atoms with Gasteiger partial charge in [0, 0.05) is 0 Å². The molecule has 1 aromatic heterocycles. The van der Waals surface area contributed by atoms with E-state index in [1.165, 1.54) is 54.7 Å². The summed E-state index contributed by atoms with van der Waals surface area (Å²) in [4.78, 5) is 13.3. The Morgan fingerprint density at radius 2 is 1.44 bits per heavy atom. The lowest BCUT2D eigenvalue weighted by atomic mass is 10.1. The van der Waals surface area contributed by atoms with Crippen molar-refractivity contribution in [2.45, 2.75) is 5.75 Å². The summed E-state index contributed by atoms with van der Waals surface area (Å²) < 4.78 is 55.4. The summed E-state index contributed by atoms with van der Waals surface area (Å²) in [6.07, 6.45) is 1.42. The fourth-order valence-corrected chi connectivity index (χ4v) is 3.58. The number of ether oxygens (including phenoxy) is 1. The van der Waals surface area contributed by atoms with E-state index >= 15 is 0 Å². The second-order valence-corrected chi connectivity index (χ2v) is 7.81. The molecule has 0 aliphatic heterocycles. The van der Waals surface area contributed by atoms with Crippen LogP contribution in [0, 0.1) is 11.6 Å². The number of rotatable bonds is 6. The van der Waals surface area contributed by atoms with Gasteiger partial charge in [-0.3, -0.25) is 4.79 Å². The fourth-order valence-electron chi connectivity index (χ4n) is 3.07. The summed E-state index contributed by atoms with van der Waals surface area (Å²) in [6, 6.07) is 17.0. The highest BCUT2D eigenvalue weighted by Gasteiger charge is 2.17. The van der Waals surface area contributed by atoms with Crippen LogP contribution in [0.1, 0.15) is 5.56 Å². The molecule has 1 heterocycles. The SMILES string of the molecule is O=c1c(Oc2ccc(F)cc2)c(-c2ccc(C[SH](=O)=O)cc2)cnn1-c1ccc(F)cc1. The minimum Gasteiger partial charge on any atom is -0.451 e. The average Bonchev–Trinajstić information content (AvgIpc) is 2.77. The van der Waals surface area contributed by atoms with Crippen LogP contribution in [0.4, 0.5) is 8.78 Å². The normalized spacial score (nSPS) is 11.0. The Morgan fingerprint density at radius 1 is 0.844 bits per heavy atom. The molecule has 0 aliphatic carbocycles. The van der Waals surface area contributed by atoms with Gasteiger partial charge in [-0.15, -0.1) is 0 Å². The standard InChI is InChI=1S/C23H16F2N2O4S/c24-17-5-9-19(10-6-17)27-23(28)22(31-20-11-7-18(25)8-12-20)21(13-26-27)16-3-1-15(2-4-16)14-32(29)30/h1-13,32H,14H2. The predicted molar refractivity (Wildman–Crippen MR) is 116 cm³/mol. The Kier molecular flexibility index (Phi) is 6.09. The van der Waals surface area contributed by atoms with Crippen LogP contribution in [0.25, 0.3) is 16.8 Å². The van der Waals surface area contributed by atoms with E-state index in [1.807, 2.05) is 0 Å². The van der Waals surface area contributed by atoms with Crippen molar-refractivity contribution in [2.75, 3.05) is 0 Å². The Hall–Kier alpha value is -3.85. The molecule has 162 valence electrons. The summed E-state index contributed by atoms with van der Waals surface area (Å²) >= 11 is 0. The summed E-state index contributed by atoms with van der Waals surface area (Å²) in [6.45, 7) is 0. The van der Waals surface area contributed by atoms with Gasteiger partial charge in [0.05, 0.1) is 23.2 Å². The molecule has 0 N–H and O–H groups in total.